The number of carbonyl (C=O) groups excluding carboxylic acids is 2. The summed E-state index contributed by atoms with van der Waals surface area (Å²) in [6.45, 7) is 6.51. The van der Waals surface area contributed by atoms with Crippen molar-refractivity contribution in [3.63, 3.8) is 0 Å². The van der Waals surface area contributed by atoms with E-state index < -0.39 is 11.6 Å². The molecule has 0 N–H and O–H groups in total. The van der Waals surface area contributed by atoms with Crippen LogP contribution in [0.1, 0.15) is 44.0 Å². The van der Waals surface area contributed by atoms with Gasteiger partial charge in [-0.1, -0.05) is 0 Å². The van der Waals surface area contributed by atoms with E-state index in [0.29, 0.717) is 43.0 Å². The van der Waals surface area contributed by atoms with Crippen LogP contribution in [-0.2, 0) is 9.47 Å². The number of hydrogen-bond donors (Lipinski definition) is 0. The maximum absolute atomic E-state index is 12.4. The lowest BCUT2D eigenvalue weighted by Crippen LogP contribution is -2.43. The molecule has 1 aliphatic heterocycles. The van der Waals surface area contributed by atoms with E-state index in [1.807, 2.05) is 20.8 Å². The van der Waals surface area contributed by atoms with E-state index in [9.17, 15) is 9.59 Å². The molecule has 7 heteroatoms. The summed E-state index contributed by atoms with van der Waals surface area (Å²) in [5.41, 5.74) is -0.120. The van der Waals surface area contributed by atoms with Crippen LogP contribution in [0.15, 0.2) is 18.2 Å². The second kappa shape index (κ2) is 8.29. The minimum atomic E-state index is -0.520. The molecule has 0 saturated carbocycles. The molecule has 1 amide bonds. The summed E-state index contributed by atoms with van der Waals surface area (Å²) in [5, 5.41) is 0. The van der Waals surface area contributed by atoms with Gasteiger partial charge in [-0.3, -0.25) is 0 Å². The number of hydrogen-bond acceptors (Lipinski definition) is 6. The quantitative estimate of drug-likeness (QED) is 0.763. The van der Waals surface area contributed by atoms with Crippen molar-refractivity contribution >= 4 is 12.1 Å². The fourth-order valence-electron chi connectivity index (χ4n) is 2.67. The monoisotopic (exact) mass is 365 g/mol. The number of methoxy groups -OCH3 is 2. The van der Waals surface area contributed by atoms with Crippen LogP contribution in [-0.4, -0.2) is 56.0 Å². The Labute approximate surface area is 154 Å². The van der Waals surface area contributed by atoms with Crippen LogP contribution in [0.2, 0.25) is 0 Å². The summed E-state index contributed by atoms with van der Waals surface area (Å²) >= 11 is 0. The SMILES string of the molecule is COc1ccc(C(=O)OC2CCN(C(=O)OC(C)(C)C)CC2)cc1OC. The topological polar surface area (TPSA) is 74.3 Å². The molecule has 0 radical (unpaired) electrons. The number of likely N-dealkylation sites (tertiary alicyclic amines) is 1. The van der Waals surface area contributed by atoms with Gasteiger partial charge in [0.2, 0.25) is 0 Å². The Balaban J connectivity index is 1.89. The maximum atomic E-state index is 12.4. The molecule has 0 aliphatic carbocycles. The van der Waals surface area contributed by atoms with Gasteiger partial charge >= 0.3 is 12.1 Å². The van der Waals surface area contributed by atoms with E-state index in [2.05, 4.69) is 0 Å². The third-order valence-corrected chi connectivity index (χ3v) is 3.99. The summed E-state index contributed by atoms with van der Waals surface area (Å²) in [6, 6.07) is 4.90. The number of ether oxygens (including phenoxy) is 4. The Kier molecular flexibility index (Phi) is 6.34. The average Bonchev–Trinajstić information content (AvgIpc) is 2.60. The Hall–Kier alpha value is -2.44. The van der Waals surface area contributed by atoms with Crippen LogP contribution >= 0.6 is 0 Å². The van der Waals surface area contributed by atoms with E-state index in [0.717, 1.165) is 0 Å². The van der Waals surface area contributed by atoms with Crippen LogP contribution < -0.4 is 9.47 Å². The van der Waals surface area contributed by atoms with Crippen molar-refractivity contribution < 1.29 is 28.5 Å². The highest BCUT2D eigenvalue weighted by Gasteiger charge is 2.28. The van der Waals surface area contributed by atoms with Gasteiger partial charge < -0.3 is 23.8 Å². The van der Waals surface area contributed by atoms with Crippen molar-refractivity contribution in [2.75, 3.05) is 27.3 Å². The molecular formula is C19H27NO6. The predicted octanol–water partition coefficient (Wildman–Crippen LogP) is 3.26. The van der Waals surface area contributed by atoms with E-state index >= 15 is 0 Å². The van der Waals surface area contributed by atoms with Gasteiger partial charge in [0.1, 0.15) is 11.7 Å². The maximum Gasteiger partial charge on any atom is 0.410 e. The molecule has 0 bridgehead atoms. The second-order valence-electron chi connectivity index (χ2n) is 7.14. The lowest BCUT2D eigenvalue weighted by molar-refractivity contribution is -0.00342. The fraction of sp³-hybridized carbons (Fsp3) is 0.579. The van der Waals surface area contributed by atoms with Crippen LogP contribution in [0.4, 0.5) is 4.79 Å². The largest absolute Gasteiger partial charge is 0.493 e. The molecule has 1 heterocycles. The van der Waals surface area contributed by atoms with Crippen molar-refractivity contribution in [3.05, 3.63) is 23.8 Å². The Morgan fingerprint density at radius 3 is 2.19 bits per heavy atom. The molecule has 1 saturated heterocycles. The fourth-order valence-corrected chi connectivity index (χ4v) is 2.67. The lowest BCUT2D eigenvalue weighted by Gasteiger charge is -2.33. The van der Waals surface area contributed by atoms with Crippen LogP contribution in [0.3, 0.4) is 0 Å². The first-order valence-corrected chi connectivity index (χ1v) is 8.64. The second-order valence-corrected chi connectivity index (χ2v) is 7.14. The van der Waals surface area contributed by atoms with Gasteiger partial charge in [0, 0.05) is 25.9 Å². The zero-order chi connectivity index (χ0) is 19.3. The lowest BCUT2D eigenvalue weighted by atomic mass is 10.1. The minimum absolute atomic E-state index is 0.228. The van der Waals surface area contributed by atoms with Gasteiger partial charge in [-0.05, 0) is 39.0 Å². The number of nitrogens with zero attached hydrogens (tertiary/aromatic N) is 1. The average molecular weight is 365 g/mol. The van der Waals surface area contributed by atoms with Crippen molar-refractivity contribution in [2.45, 2.75) is 45.3 Å². The highest BCUT2D eigenvalue weighted by Crippen LogP contribution is 2.28. The Morgan fingerprint density at radius 1 is 1.04 bits per heavy atom. The summed E-state index contributed by atoms with van der Waals surface area (Å²) in [6.07, 6.45) is 0.604. The van der Waals surface area contributed by atoms with Gasteiger partial charge in [-0.2, -0.15) is 0 Å². The van der Waals surface area contributed by atoms with E-state index in [4.69, 9.17) is 18.9 Å². The summed E-state index contributed by atoms with van der Waals surface area (Å²) < 4.78 is 21.3. The molecule has 1 aromatic carbocycles. The Bertz CT molecular complexity index is 644. The smallest absolute Gasteiger partial charge is 0.410 e. The zero-order valence-corrected chi connectivity index (χ0v) is 16.0. The number of amides is 1. The summed E-state index contributed by atoms with van der Waals surface area (Å²) in [4.78, 5) is 26.1. The summed E-state index contributed by atoms with van der Waals surface area (Å²) in [5.74, 6) is 0.609. The molecule has 0 unspecified atom stereocenters. The van der Waals surface area contributed by atoms with E-state index in [1.165, 1.54) is 14.2 Å². The normalized spacial score (nSPS) is 15.3. The van der Waals surface area contributed by atoms with Crippen molar-refractivity contribution in [3.8, 4) is 11.5 Å². The van der Waals surface area contributed by atoms with Crippen molar-refractivity contribution in [2.24, 2.45) is 0 Å². The first-order valence-electron chi connectivity index (χ1n) is 8.64. The van der Waals surface area contributed by atoms with E-state index in [-0.39, 0.29) is 12.2 Å². The molecule has 2 rings (SSSR count). The molecular weight excluding hydrogens is 338 g/mol. The van der Waals surface area contributed by atoms with Crippen LogP contribution in [0.5, 0.6) is 11.5 Å². The standard InChI is InChI=1S/C19H27NO6/c1-19(2,3)26-18(22)20-10-8-14(9-11-20)25-17(21)13-6-7-15(23-4)16(12-13)24-5/h6-7,12,14H,8-11H2,1-5H3. The molecule has 144 valence electrons. The highest BCUT2D eigenvalue weighted by atomic mass is 16.6. The number of esters is 1. The third kappa shape index (κ3) is 5.28. The first kappa shape index (κ1) is 19.9. The van der Waals surface area contributed by atoms with Gasteiger partial charge in [0.15, 0.2) is 11.5 Å². The van der Waals surface area contributed by atoms with Gasteiger partial charge in [-0.25, -0.2) is 9.59 Å². The van der Waals surface area contributed by atoms with E-state index in [1.54, 1.807) is 23.1 Å². The molecule has 1 fully saturated rings. The molecule has 0 atom stereocenters. The minimum Gasteiger partial charge on any atom is -0.493 e. The number of carbonyl (C=O) groups is 2. The highest BCUT2D eigenvalue weighted by molar-refractivity contribution is 5.90. The number of benzene rings is 1. The Morgan fingerprint density at radius 2 is 1.65 bits per heavy atom. The van der Waals surface area contributed by atoms with Crippen molar-refractivity contribution in [1.29, 1.82) is 0 Å². The van der Waals surface area contributed by atoms with Gasteiger partial charge in [0.05, 0.1) is 19.8 Å². The molecule has 1 aliphatic rings. The predicted molar refractivity (Wildman–Crippen MR) is 95.8 cm³/mol. The van der Waals surface area contributed by atoms with Crippen LogP contribution in [0, 0.1) is 0 Å². The van der Waals surface area contributed by atoms with Gasteiger partial charge in [-0.15, -0.1) is 0 Å². The molecule has 26 heavy (non-hydrogen) atoms. The third-order valence-electron chi connectivity index (χ3n) is 3.99. The zero-order valence-electron chi connectivity index (χ0n) is 16.0. The first-order chi connectivity index (χ1) is 12.2. The summed E-state index contributed by atoms with van der Waals surface area (Å²) in [7, 11) is 3.05. The van der Waals surface area contributed by atoms with Gasteiger partial charge in [0.25, 0.3) is 0 Å². The molecule has 1 aromatic rings. The number of piperidine rings is 1. The van der Waals surface area contributed by atoms with Crippen molar-refractivity contribution in [1.82, 2.24) is 4.90 Å². The van der Waals surface area contributed by atoms with Crippen LogP contribution in [0.25, 0.3) is 0 Å². The molecule has 0 spiro atoms. The molecule has 0 aromatic heterocycles. The number of rotatable bonds is 4. The molecule has 7 nitrogen and oxygen atoms in total.